The third-order valence-electron chi connectivity index (χ3n) is 4.93. The van der Waals surface area contributed by atoms with Gasteiger partial charge in [0, 0.05) is 42.4 Å². The van der Waals surface area contributed by atoms with Gasteiger partial charge in [0.2, 0.25) is 5.91 Å². The van der Waals surface area contributed by atoms with Gasteiger partial charge >= 0.3 is 0 Å². The van der Waals surface area contributed by atoms with E-state index in [0.29, 0.717) is 24.2 Å². The molecule has 0 atom stereocenters. The van der Waals surface area contributed by atoms with Crippen LogP contribution in [0.1, 0.15) is 12.8 Å². The lowest BCUT2D eigenvalue weighted by molar-refractivity contribution is -0.133. The molecule has 1 aromatic carbocycles. The minimum Gasteiger partial charge on any atom is -0.395 e. The lowest BCUT2D eigenvalue weighted by Gasteiger charge is -2.36. The lowest BCUT2D eigenvalue weighted by atomic mass is 10.0. The number of hydrogen-bond acceptors (Lipinski definition) is 3. The molecule has 0 radical (unpaired) electrons. The first kappa shape index (κ1) is 17.3. The van der Waals surface area contributed by atoms with Gasteiger partial charge in [-0.25, -0.2) is 0 Å². The van der Waals surface area contributed by atoms with E-state index in [1.165, 1.54) is 0 Å². The first-order chi connectivity index (χ1) is 11.6. The molecule has 1 amide bonds. The van der Waals surface area contributed by atoms with Crippen LogP contribution in [0, 0.1) is 0 Å². The summed E-state index contributed by atoms with van der Waals surface area (Å²) in [6.45, 7) is 2.77. The average Bonchev–Trinajstić information content (AvgIpc) is 2.97. The van der Waals surface area contributed by atoms with Crippen LogP contribution in [0.4, 0.5) is 0 Å². The summed E-state index contributed by atoms with van der Waals surface area (Å²) in [5.41, 5.74) is 0.994. The molecule has 6 heteroatoms. The molecule has 0 spiro atoms. The van der Waals surface area contributed by atoms with Gasteiger partial charge in [-0.3, -0.25) is 4.79 Å². The molecule has 130 valence electrons. The fourth-order valence-electron chi connectivity index (χ4n) is 3.44. The largest absolute Gasteiger partial charge is 0.395 e. The molecule has 0 aliphatic carbocycles. The van der Waals surface area contributed by atoms with Gasteiger partial charge in [0.15, 0.2) is 0 Å². The van der Waals surface area contributed by atoms with Crippen LogP contribution in [0.2, 0.25) is 5.02 Å². The smallest absolute Gasteiger partial charge is 0.242 e. The summed E-state index contributed by atoms with van der Waals surface area (Å²) >= 11 is 6.07. The summed E-state index contributed by atoms with van der Waals surface area (Å²) in [7, 11) is 2.04. The maximum Gasteiger partial charge on any atom is 0.242 e. The van der Waals surface area contributed by atoms with Gasteiger partial charge in [-0.05, 0) is 43.5 Å². The summed E-state index contributed by atoms with van der Waals surface area (Å²) in [6, 6.07) is 8.20. The molecule has 1 aliphatic heterocycles. The zero-order valence-electron chi connectivity index (χ0n) is 14.0. The highest BCUT2D eigenvalue weighted by atomic mass is 35.5. The van der Waals surface area contributed by atoms with Crippen molar-refractivity contribution in [2.45, 2.75) is 25.4 Å². The normalized spacial score (nSPS) is 16.2. The van der Waals surface area contributed by atoms with Crippen LogP contribution < -0.4 is 0 Å². The highest BCUT2D eigenvalue weighted by Crippen LogP contribution is 2.21. The monoisotopic (exact) mass is 349 g/mol. The number of carbonyl (C=O) groups excluding carboxylic acids is 1. The molecule has 24 heavy (non-hydrogen) atoms. The molecule has 1 saturated heterocycles. The fourth-order valence-corrected chi connectivity index (χ4v) is 3.60. The molecule has 1 fully saturated rings. The van der Waals surface area contributed by atoms with Crippen molar-refractivity contribution in [3.8, 4) is 0 Å². The summed E-state index contributed by atoms with van der Waals surface area (Å²) in [5.74, 6) is 0.149. The number of aliphatic hydroxyl groups is 1. The van der Waals surface area contributed by atoms with Crippen LogP contribution in [-0.4, -0.2) is 64.7 Å². The van der Waals surface area contributed by atoms with Gasteiger partial charge in [-0.15, -0.1) is 0 Å². The molecule has 2 aromatic rings. The topological polar surface area (TPSA) is 48.7 Å². The van der Waals surface area contributed by atoms with Crippen LogP contribution in [0.5, 0.6) is 0 Å². The van der Waals surface area contributed by atoms with E-state index in [0.717, 1.165) is 36.8 Å². The van der Waals surface area contributed by atoms with Crippen molar-refractivity contribution in [3.05, 3.63) is 35.5 Å². The standard InChI is InChI=1S/C18H24ClN3O2/c1-20(10-11-23)16-5-8-21(9-6-16)18(24)13-22-7-4-14-2-3-15(19)12-17(14)22/h2-4,7,12,16,23H,5-6,8-11,13H2,1H3. The number of carbonyl (C=O) groups is 1. The number of benzene rings is 1. The predicted octanol–water partition coefficient (Wildman–Crippen LogP) is 2.21. The van der Waals surface area contributed by atoms with Gasteiger partial charge in [0.05, 0.1) is 6.61 Å². The van der Waals surface area contributed by atoms with Crippen molar-refractivity contribution in [2.24, 2.45) is 0 Å². The number of halogens is 1. The van der Waals surface area contributed by atoms with E-state index in [2.05, 4.69) is 4.90 Å². The average molecular weight is 350 g/mol. The Labute approximate surface area is 147 Å². The van der Waals surface area contributed by atoms with E-state index in [9.17, 15) is 4.79 Å². The molecule has 0 bridgehead atoms. The van der Waals surface area contributed by atoms with E-state index in [4.69, 9.17) is 16.7 Å². The second-order valence-electron chi connectivity index (χ2n) is 6.46. The van der Waals surface area contributed by atoms with Crippen LogP contribution >= 0.6 is 11.6 Å². The first-order valence-electron chi connectivity index (χ1n) is 8.42. The Morgan fingerprint density at radius 1 is 1.33 bits per heavy atom. The van der Waals surface area contributed by atoms with Crippen molar-refractivity contribution in [1.82, 2.24) is 14.4 Å². The van der Waals surface area contributed by atoms with Crippen molar-refractivity contribution in [3.63, 3.8) is 0 Å². The number of piperidine rings is 1. The van der Waals surface area contributed by atoms with Gasteiger partial charge in [0.25, 0.3) is 0 Å². The number of likely N-dealkylation sites (tertiary alicyclic amines) is 1. The molecule has 0 saturated carbocycles. The summed E-state index contributed by atoms with van der Waals surface area (Å²) in [5, 5.41) is 10.8. The van der Waals surface area contributed by atoms with E-state index in [-0.39, 0.29) is 12.5 Å². The van der Waals surface area contributed by atoms with Crippen molar-refractivity contribution < 1.29 is 9.90 Å². The number of hydrogen-bond donors (Lipinski definition) is 1. The molecule has 1 aromatic heterocycles. The lowest BCUT2D eigenvalue weighted by Crippen LogP contribution is -2.46. The van der Waals surface area contributed by atoms with Crippen LogP contribution in [0.25, 0.3) is 10.9 Å². The number of aromatic nitrogens is 1. The molecule has 2 heterocycles. The summed E-state index contributed by atoms with van der Waals surface area (Å²) < 4.78 is 1.97. The second-order valence-corrected chi connectivity index (χ2v) is 6.90. The molecular formula is C18H24ClN3O2. The highest BCUT2D eigenvalue weighted by Gasteiger charge is 2.25. The predicted molar refractivity (Wildman–Crippen MR) is 96.3 cm³/mol. The molecule has 5 nitrogen and oxygen atoms in total. The van der Waals surface area contributed by atoms with E-state index < -0.39 is 0 Å². The Hall–Kier alpha value is -1.56. The quantitative estimate of drug-likeness (QED) is 0.900. The number of nitrogens with zero attached hydrogens (tertiary/aromatic N) is 3. The number of amides is 1. The number of fused-ring (bicyclic) bond motifs is 1. The molecular weight excluding hydrogens is 326 g/mol. The van der Waals surface area contributed by atoms with Crippen LogP contribution in [0.3, 0.4) is 0 Å². The minimum atomic E-state index is 0.149. The van der Waals surface area contributed by atoms with E-state index >= 15 is 0 Å². The van der Waals surface area contributed by atoms with Crippen molar-refractivity contribution in [2.75, 3.05) is 33.3 Å². The van der Waals surface area contributed by atoms with Gasteiger partial charge in [-0.1, -0.05) is 17.7 Å². The van der Waals surface area contributed by atoms with E-state index in [1.54, 1.807) is 0 Å². The van der Waals surface area contributed by atoms with Gasteiger partial charge in [-0.2, -0.15) is 0 Å². The Bertz CT molecular complexity index is 707. The number of aliphatic hydroxyl groups excluding tert-OH is 1. The maximum atomic E-state index is 12.6. The summed E-state index contributed by atoms with van der Waals surface area (Å²) in [4.78, 5) is 16.7. The zero-order chi connectivity index (χ0) is 17.1. The van der Waals surface area contributed by atoms with E-state index in [1.807, 2.05) is 47.0 Å². The second kappa shape index (κ2) is 7.55. The molecule has 1 N–H and O–H groups in total. The Balaban J connectivity index is 1.60. The minimum absolute atomic E-state index is 0.149. The van der Waals surface area contributed by atoms with Gasteiger partial charge in [0.1, 0.15) is 6.54 Å². The van der Waals surface area contributed by atoms with Crippen molar-refractivity contribution in [1.29, 1.82) is 0 Å². The van der Waals surface area contributed by atoms with Crippen LogP contribution in [-0.2, 0) is 11.3 Å². The highest BCUT2D eigenvalue weighted by molar-refractivity contribution is 6.31. The Morgan fingerprint density at radius 3 is 2.79 bits per heavy atom. The maximum absolute atomic E-state index is 12.6. The zero-order valence-corrected chi connectivity index (χ0v) is 14.7. The molecule has 1 aliphatic rings. The van der Waals surface area contributed by atoms with Crippen LogP contribution in [0.15, 0.2) is 30.5 Å². The first-order valence-corrected chi connectivity index (χ1v) is 8.79. The fraction of sp³-hybridized carbons (Fsp3) is 0.500. The SMILES string of the molecule is CN(CCO)C1CCN(C(=O)Cn2ccc3ccc(Cl)cc32)CC1. The molecule has 3 rings (SSSR count). The Morgan fingerprint density at radius 2 is 2.08 bits per heavy atom. The summed E-state index contributed by atoms with van der Waals surface area (Å²) in [6.07, 6.45) is 3.86. The number of likely N-dealkylation sites (N-methyl/N-ethyl adjacent to an activating group) is 1. The third-order valence-corrected chi connectivity index (χ3v) is 5.17. The van der Waals surface area contributed by atoms with Crippen molar-refractivity contribution >= 4 is 28.4 Å². The Kier molecular flexibility index (Phi) is 5.43. The number of rotatable bonds is 5. The van der Waals surface area contributed by atoms with Gasteiger partial charge < -0.3 is 19.5 Å². The molecule has 0 unspecified atom stereocenters. The third kappa shape index (κ3) is 3.74.